The maximum Gasteiger partial charge on any atom is 0.516 e. The molecule has 10 heteroatoms. The number of hydrogen-bond donors (Lipinski definition) is 0. The van der Waals surface area contributed by atoms with Crippen LogP contribution in [0.25, 0.3) is 11.1 Å². The second-order valence-electron chi connectivity index (χ2n) is 13.5. The highest BCUT2D eigenvalue weighted by Crippen LogP contribution is 2.47. The molecule has 0 spiro atoms. The average Bonchev–Trinajstić information content (AvgIpc) is 3.30. The third-order valence-corrected chi connectivity index (χ3v) is 10.1. The van der Waals surface area contributed by atoms with E-state index in [4.69, 9.17) is 9.47 Å². The van der Waals surface area contributed by atoms with Gasteiger partial charge in [0.05, 0.1) is 11.3 Å². The van der Waals surface area contributed by atoms with Crippen LogP contribution in [0.4, 0.5) is 18.9 Å². The first-order valence-electron chi connectivity index (χ1n) is 15.0. The van der Waals surface area contributed by atoms with Gasteiger partial charge in [0.15, 0.2) is 6.10 Å². The van der Waals surface area contributed by atoms with E-state index in [2.05, 4.69) is 20.8 Å². The van der Waals surface area contributed by atoms with Crippen molar-refractivity contribution in [2.75, 3.05) is 10.8 Å². The highest BCUT2D eigenvalue weighted by atomic mass is 32.2. The molecule has 1 saturated carbocycles. The smallest absolute Gasteiger partial charge is 0.460 e. The first-order chi connectivity index (χ1) is 19.8. The van der Waals surface area contributed by atoms with Crippen molar-refractivity contribution >= 4 is 21.7 Å². The van der Waals surface area contributed by atoms with E-state index < -0.39 is 33.2 Å². The van der Waals surface area contributed by atoms with Crippen LogP contribution in [-0.4, -0.2) is 38.1 Å². The Morgan fingerprint density at radius 2 is 1.67 bits per heavy atom. The normalized spacial score (nSPS) is 22.0. The second-order valence-corrected chi connectivity index (χ2v) is 15.4. The van der Waals surface area contributed by atoms with Crippen molar-refractivity contribution in [3.63, 3.8) is 0 Å². The number of alkyl halides is 3. The molecular weight excluding hydrogens is 579 g/mol. The summed E-state index contributed by atoms with van der Waals surface area (Å²) in [6.07, 6.45) is 1.35. The number of benzene rings is 2. The van der Waals surface area contributed by atoms with E-state index >= 15 is 0 Å². The third kappa shape index (κ3) is 6.90. The van der Waals surface area contributed by atoms with E-state index in [-0.39, 0.29) is 30.7 Å². The Bertz CT molecular complexity index is 1440. The van der Waals surface area contributed by atoms with Crippen LogP contribution in [0.1, 0.15) is 89.2 Å². The number of aryl methyl sites for hydroxylation is 2. The molecule has 4 rings (SSSR count). The fourth-order valence-corrected chi connectivity index (χ4v) is 7.47. The molecule has 0 radical (unpaired) electrons. The zero-order chi connectivity index (χ0) is 32.1. The van der Waals surface area contributed by atoms with Gasteiger partial charge in [-0.2, -0.15) is 21.6 Å². The SMILES string of the molecule is Cc1ccc(-c2c3c(cc(C)c2[C@H](OC(C)(C)C)C(=O)O[C@@H]2C[C@H](C)CC[C@H]2C(C)C)N(S(=O)(=O)C(F)(F)F)CC3)cc1. The zero-order valence-electron chi connectivity index (χ0n) is 26.3. The number of carbonyl (C=O) groups excluding carboxylic acids is 1. The Hall–Kier alpha value is -2.59. The first kappa shape index (κ1) is 33.3. The minimum Gasteiger partial charge on any atom is -0.460 e. The highest BCUT2D eigenvalue weighted by Gasteiger charge is 2.52. The molecule has 1 fully saturated rings. The number of ether oxygens (including phenoxy) is 2. The van der Waals surface area contributed by atoms with Gasteiger partial charge in [0.1, 0.15) is 6.10 Å². The highest BCUT2D eigenvalue weighted by molar-refractivity contribution is 7.93. The van der Waals surface area contributed by atoms with Crippen molar-refractivity contribution in [3.8, 4) is 11.1 Å². The summed E-state index contributed by atoms with van der Waals surface area (Å²) in [6.45, 7) is 15.1. The van der Waals surface area contributed by atoms with Gasteiger partial charge in [0.25, 0.3) is 0 Å². The number of carbonyl (C=O) groups is 1. The van der Waals surface area contributed by atoms with E-state index in [9.17, 15) is 26.4 Å². The summed E-state index contributed by atoms with van der Waals surface area (Å²) < 4.78 is 79.3. The lowest BCUT2D eigenvalue weighted by molar-refractivity contribution is -0.178. The quantitative estimate of drug-likeness (QED) is 0.292. The Balaban J connectivity index is 1.91. The summed E-state index contributed by atoms with van der Waals surface area (Å²) in [5, 5.41) is 0. The van der Waals surface area contributed by atoms with E-state index in [0.29, 0.717) is 44.0 Å². The van der Waals surface area contributed by atoms with Gasteiger partial charge in [0, 0.05) is 12.1 Å². The molecule has 0 N–H and O–H groups in total. The molecule has 2 aromatic carbocycles. The number of esters is 1. The van der Waals surface area contributed by atoms with E-state index in [1.54, 1.807) is 6.92 Å². The summed E-state index contributed by atoms with van der Waals surface area (Å²) in [7, 11) is -5.62. The molecule has 1 aliphatic heterocycles. The van der Waals surface area contributed by atoms with Gasteiger partial charge in [-0.25, -0.2) is 4.79 Å². The van der Waals surface area contributed by atoms with Crippen molar-refractivity contribution in [3.05, 3.63) is 52.6 Å². The molecule has 0 aromatic heterocycles. The Kier molecular flexibility index (Phi) is 9.35. The Morgan fingerprint density at radius 3 is 2.23 bits per heavy atom. The van der Waals surface area contributed by atoms with Crippen LogP contribution >= 0.6 is 0 Å². The third-order valence-electron chi connectivity index (χ3n) is 8.59. The number of anilines is 1. The molecule has 43 heavy (non-hydrogen) atoms. The first-order valence-corrected chi connectivity index (χ1v) is 16.5. The van der Waals surface area contributed by atoms with Gasteiger partial charge in [0.2, 0.25) is 0 Å². The summed E-state index contributed by atoms with van der Waals surface area (Å²) >= 11 is 0. The molecule has 0 bridgehead atoms. The number of halogens is 3. The van der Waals surface area contributed by atoms with Gasteiger partial charge < -0.3 is 9.47 Å². The average molecular weight is 624 g/mol. The molecule has 1 aliphatic carbocycles. The van der Waals surface area contributed by atoms with Crippen molar-refractivity contribution < 1.29 is 35.9 Å². The summed E-state index contributed by atoms with van der Waals surface area (Å²) in [5.41, 5.74) is -2.74. The molecule has 0 unspecified atom stereocenters. The topological polar surface area (TPSA) is 72.9 Å². The van der Waals surface area contributed by atoms with Crippen LogP contribution in [0.2, 0.25) is 0 Å². The minimum atomic E-state index is -5.62. The van der Waals surface area contributed by atoms with Crippen LogP contribution < -0.4 is 4.31 Å². The molecule has 2 aliphatic rings. The molecule has 4 atom stereocenters. The molecule has 0 amide bonds. The standard InChI is InChI=1S/C33H44F3NO5S/c1-19(2)24-14-11-21(4)17-27(24)41-31(38)30(42-32(6,7)8)28-22(5)18-26-25(29(28)23-12-9-20(3)10-13-23)15-16-37(26)43(39,40)33(34,35)36/h9-10,12-13,18-19,21,24,27,30H,11,14-17H2,1-8H3/t21-,24+,27-,30+/m1/s1. The predicted octanol–water partition coefficient (Wildman–Crippen LogP) is 8.04. The lowest BCUT2D eigenvalue weighted by atomic mass is 9.75. The molecule has 0 saturated heterocycles. The maximum absolute atomic E-state index is 14.2. The van der Waals surface area contributed by atoms with Crippen LogP contribution in [0.15, 0.2) is 30.3 Å². The van der Waals surface area contributed by atoms with Gasteiger partial charge in [-0.3, -0.25) is 4.31 Å². The van der Waals surface area contributed by atoms with E-state index in [0.717, 1.165) is 24.8 Å². The van der Waals surface area contributed by atoms with Crippen molar-refractivity contribution in [1.29, 1.82) is 0 Å². The van der Waals surface area contributed by atoms with Crippen LogP contribution in [-0.2, 0) is 30.7 Å². The minimum absolute atomic E-state index is 0.0296. The van der Waals surface area contributed by atoms with Gasteiger partial charge in [-0.15, -0.1) is 0 Å². The van der Waals surface area contributed by atoms with Gasteiger partial charge >= 0.3 is 21.5 Å². The molecule has 6 nitrogen and oxygen atoms in total. The number of nitrogens with zero attached hydrogens (tertiary/aromatic N) is 1. The monoisotopic (exact) mass is 623 g/mol. The fraction of sp³-hybridized carbons (Fsp3) is 0.606. The van der Waals surface area contributed by atoms with Gasteiger partial charge in [-0.05, 0) is 100.0 Å². The number of fused-ring (bicyclic) bond motifs is 1. The number of rotatable bonds is 7. The molecule has 2 aromatic rings. The molecular formula is C33H44F3NO5S. The number of sulfonamides is 1. The summed E-state index contributed by atoms with van der Waals surface area (Å²) in [4.78, 5) is 14.2. The van der Waals surface area contributed by atoms with Crippen molar-refractivity contribution in [1.82, 2.24) is 0 Å². The van der Waals surface area contributed by atoms with Crippen molar-refractivity contribution in [2.45, 2.75) is 104 Å². The lowest BCUT2D eigenvalue weighted by Gasteiger charge is -2.38. The fourth-order valence-electron chi connectivity index (χ4n) is 6.47. The Labute approximate surface area is 254 Å². The molecule has 238 valence electrons. The van der Waals surface area contributed by atoms with Crippen LogP contribution in [0, 0.1) is 31.6 Å². The van der Waals surface area contributed by atoms with Gasteiger partial charge in [-0.1, -0.05) is 57.0 Å². The van der Waals surface area contributed by atoms with E-state index in [1.165, 1.54) is 6.07 Å². The lowest BCUT2D eigenvalue weighted by Crippen LogP contribution is -2.40. The predicted molar refractivity (Wildman–Crippen MR) is 162 cm³/mol. The summed E-state index contributed by atoms with van der Waals surface area (Å²) in [6, 6.07) is 8.87. The summed E-state index contributed by atoms with van der Waals surface area (Å²) in [5.74, 6) is 0.378. The second kappa shape index (κ2) is 12.1. The van der Waals surface area contributed by atoms with E-state index in [1.807, 2.05) is 52.0 Å². The zero-order valence-corrected chi connectivity index (χ0v) is 27.2. The van der Waals surface area contributed by atoms with Crippen LogP contribution in [0.5, 0.6) is 0 Å². The van der Waals surface area contributed by atoms with Crippen LogP contribution in [0.3, 0.4) is 0 Å². The Morgan fingerprint density at radius 1 is 1.05 bits per heavy atom. The molecule has 1 heterocycles. The number of hydrogen-bond acceptors (Lipinski definition) is 5. The largest absolute Gasteiger partial charge is 0.516 e. The van der Waals surface area contributed by atoms with Crippen molar-refractivity contribution in [2.24, 2.45) is 17.8 Å². The maximum atomic E-state index is 14.2.